The Labute approximate surface area is 95.2 Å². The minimum Gasteiger partial charge on any atom is -0.399 e. The van der Waals surface area contributed by atoms with Crippen LogP contribution in [0.25, 0.3) is 0 Å². The highest BCUT2D eigenvalue weighted by Crippen LogP contribution is 2.13. The van der Waals surface area contributed by atoms with Crippen LogP contribution < -0.4 is 11.5 Å². The fourth-order valence-electron chi connectivity index (χ4n) is 1.29. The number of anilines is 2. The molecule has 0 atom stereocenters. The molecule has 0 aliphatic carbocycles. The van der Waals surface area contributed by atoms with E-state index in [1.165, 1.54) is 0 Å². The van der Waals surface area contributed by atoms with Crippen LogP contribution in [0.4, 0.5) is 11.4 Å². The van der Waals surface area contributed by atoms with Gasteiger partial charge in [0.2, 0.25) is 0 Å². The molecule has 76 valence electrons. The van der Waals surface area contributed by atoms with E-state index < -0.39 is 0 Å². The molecule has 0 fully saturated rings. The molecule has 4 N–H and O–H groups in total. The van der Waals surface area contributed by atoms with Gasteiger partial charge in [0.25, 0.3) is 0 Å². The zero-order chi connectivity index (χ0) is 14.2. The van der Waals surface area contributed by atoms with E-state index in [2.05, 4.69) is 0 Å². The highest BCUT2D eigenvalue weighted by Gasteiger charge is 1.95. The average molecular weight is 202 g/mol. The molecule has 0 saturated carbocycles. The van der Waals surface area contributed by atoms with Gasteiger partial charge >= 0.3 is 0 Å². The van der Waals surface area contributed by atoms with Crippen LogP contribution in [0.3, 0.4) is 0 Å². The predicted molar refractivity (Wildman–Crippen MR) is 64.5 cm³/mol. The van der Waals surface area contributed by atoms with E-state index >= 15 is 0 Å². The molecule has 0 amide bonds. The molecule has 0 bridgehead atoms. The van der Waals surface area contributed by atoms with Crippen LogP contribution >= 0.6 is 0 Å². The molecule has 2 rings (SSSR count). The highest BCUT2D eigenvalue weighted by atomic mass is 14.5. The fourth-order valence-corrected chi connectivity index (χ4v) is 1.29. The first-order chi connectivity index (χ1) is 8.88. The number of nitrogens with two attached hydrogens (primary N) is 2. The Morgan fingerprint density at radius 1 is 0.800 bits per heavy atom. The third-order valence-electron chi connectivity index (χ3n) is 2.06. The number of benzene rings is 2. The lowest BCUT2D eigenvalue weighted by Gasteiger charge is -2.02. The van der Waals surface area contributed by atoms with Crippen LogP contribution in [0, 0.1) is 0 Å². The fraction of sp³-hybridized carbons (Fsp3) is 0.0769. The van der Waals surface area contributed by atoms with Crippen LogP contribution in [0.5, 0.6) is 0 Å². The predicted octanol–water partition coefficient (Wildman–Crippen LogP) is 2.44. The maximum atomic E-state index is 7.65. The van der Waals surface area contributed by atoms with E-state index in [1.807, 2.05) is 0 Å². The van der Waals surface area contributed by atoms with Gasteiger partial charge in [0.1, 0.15) is 0 Å². The Kier molecular flexibility index (Phi) is 1.57. The Morgan fingerprint density at radius 3 is 1.47 bits per heavy atom. The van der Waals surface area contributed by atoms with E-state index in [0.29, 0.717) is 6.42 Å². The van der Waals surface area contributed by atoms with Gasteiger partial charge < -0.3 is 11.5 Å². The summed E-state index contributed by atoms with van der Waals surface area (Å²) in [7, 11) is 0. The molecule has 0 spiro atoms. The third kappa shape index (κ3) is 2.50. The summed E-state index contributed by atoms with van der Waals surface area (Å²) in [4.78, 5) is 0. The quantitative estimate of drug-likeness (QED) is 0.735. The molecule has 2 nitrogen and oxygen atoms in total. The monoisotopic (exact) mass is 202 g/mol. The zero-order valence-electron chi connectivity index (χ0n) is 12.2. The topological polar surface area (TPSA) is 52.0 Å². The summed E-state index contributed by atoms with van der Waals surface area (Å²) in [6.45, 7) is 0. The van der Waals surface area contributed by atoms with Crippen LogP contribution in [0.1, 0.15) is 16.6 Å². The summed E-state index contributed by atoms with van der Waals surface area (Å²) in [5.41, 5.74) is 12.9. The summed E-state index contributed by atoms with van der Waals surface area (Å²) in [5, 5.41) is 0. The van der Waals surface area contributed by atoms with Crippen molar-refractivity contribution in [3.05, 3.63) is 59.6 Å². The van der Waals surface area contributed by atoms with E-state index in [4.69, 9.17) is 17.0 Å². The van der Waals surface area contributed by atoms with E-state index in [0.717, 1.165) is 11.1 Å². The maximum absolute atomic E-state index is 7.65. The SMILES string of the molecule is [2H]c1cc(Cc2cc([2H])c(N)c([2H])c2)cc([2H])c1N. The molecule has 0 unspecified atom stereocenters. The Balaban J connectivity index is 2.36. The largest absolute Gasteiger partial charge is 0.399 e. The maximum Gasteiger partial charge on any atom is 0.0645 e. The summed E-state index contributed by atoms with van der Waals surface area (Å²) < 4.78 is 30.6. The van der Waals surface area contributed by atoms with Crippen LogP contribution in [-0.2, 0) is 6.42 Å². The lowest BCUT2D eigenvalue weighted by molar-refractivity contribution is 1.19. The molecule has 2 heteroatoms. The van der Waals surface area contributed by atoms with Crippen molar-refractivity contribution in [2.75, 3.05) is 11.5 Å². The standard InChI is InChI=1S/C13H14N2/c14-12-5-1-10(2-6-12)9-11-3-7-13(15)8-4-11/h1-8H,9,14-15H2/i5D,6D,7D,8D. The number of nitrogen functional groups attached to an aromatic ring is 2. The number of hydrogen-bond donors (Lipinski definition) is 2. The van der Waals surface area contributed by atoms with Crippen molar-refractivity contribution in [3.63, 3.8) is 0 Å². The van der Waals surface area contributed by atoms with Crippen molar-refractivity contribution in [3.8, 4) is 0 Å². The number of hydrogen-bond acceptors (Lipinski definition) is 2. The lowest BCUT2D eigenvalue weighted by atomic mass is 10.0. The first-order valence-electron chi connectivity index (χ1n) is 6.59. The van der Waals surface area contributed by atoms with Crippen molar-refractivity contribution in [1.29, 1.82) is 0 Å². The van der Waals surface area contributed by atoms with Crippen LogP contribution in [-0.4, -0.2) is 0 Å². The molecule has 0 aliphatic heterocycles. The van der Waals surface area contributed by atoms with Gasteiger partial charge in [-0.15, -0.1) is 0 Å². The average Bonchev–Trinajstić information content (AvgIpc) is 2.33. The molecule has 2 aromatic rings. The minimum absolute atomic E-state index is 0.120. The first kappa shape index (κ1) is 5.81. The summed E-state index contributed by atoms with van der Waals surface area (Å²) >= 11 is 0. The molecule has 0 saturated heterocycles. The molecule has 0 aromatic heterocycles. The summed E-state index contributed by atoms with van der Waals surface area (Å²) in [6.07, 6.45) is 0.441. The van der Waals surface area contributed by atoms with Gasteiger partial charge in [-0.2, -0.15) is 0 Å². The first-order valence-corrected chi connectivity index (χ1v) is 4.59. The van der Waals surface area contributed by atoms with E-state index in [9.17, 15) is 0 Å². The Morgan fingerprint density at radius 2 is 1.13 bits per heavy atom. The van der Waals surface area contributed by atoms with Gasteiger partial charge in [-0.25, -0.2) is 0 Å². The molecule has 15 heavy (non-hydrogen) atoms. The van der Waals surface area contributed by atoms with Crippen LogP contribution in [0.15, 0.2) is 48.4 Å². The molecule has 2 aromatic carbocycles. The zero-order valence-corrected chi connectivity index (χ0v) is 8.17. The third-order valence-corrected chi connectivity index (χ3v) is 2.06. The molecule has 0 heterocycles. The Bertz CT molecular complexity index is 539. The Hall–Kier alpha value is -1.96. The second-order valence-corrected chi connectivity index (χ2v) is 3.31. The highest BCUT2D eigenvalue weighted by molar-refractivity contribution is 5.43. The smallest absolute Gasteiger partial charge is 0.0645 e. The van der Waals surface area contributed by atoms with Crippen molar-refractivity contribution in [1.82, 2.24) is 0 Å². The van der Waals surface area contributed by atoms with Gasteiger partial charge in [0, 0.05) is 11.4 Å². The van der Waals surface area contributed by atoms with Crippen molar-refractivity contribution >= 4 is 11.4 Å². The minimum atomic E-state index is 0.120. The van der Waals surface area contributed by atoms with Gasteiger partial charge in [0.05, 0.1) is 5.48 Å². The number of rotatable bonds is 2. The van der Waals surface area contributed by atoms with Crippen molar-refractivity contribution < 1.29 is 5.48 Å². The second kappa shape index (κ2) is 4.05. The summed E-state index contributed by atoms with van der Waals surface area (Å²) in [5.74, 6) is 0. The van der Waals surface area contributed by atoms with Gasteiger partial charge in [0.15, 0.2) is 0 Å². The molecular formula is C13H14N2. The molecule has 0 radical (unpaired) electrons. The van der Waals surface area contributed by atoms with Gasteiger partial charge in [-0.3, -0.25) is 0 Å². The molecule has 0 aliphatic rings. The van der Waals surface area contributed by atoms with Crippen molar-refractivity contribution in [2.24, 2.45) is 0 Å². The summed E-state index contributed by atoms with van der Waals surface area (Å²) in [6, 6.07) is 6.86. The normalized spacial score (nSPS) is 13.9. The molecular weight excluding hydrogens is 184 g/mol. The van der Waals surface area contributed by atoms with Crippen LogP contribution in [0.2, 0.25) is 0 Å². The van der Waals surface area contributed by atoms with Gasteiger partial charge in [-0.05, 0) is 41.7 Å². The van der Waals surface area contributed by atoms with Gasteiger partial charge in [-0.1, -0.05) is 24.3 Å². The van der Waals surface area contributed by atoms with Crippen molar-refractivity contribution in [2.45, 2.75) is 6.42 Å². The van der Waals surface area contributed by atoms with E-state index in [1.54, 1.807) is 24.3 Å². The lowest BCUT2D eigenvalue weighted by Crippen LogP contribution is -1.90. The van der Waals surface area contributed by atoms with E-state index in [-0.39, 0.29) is 35.5 Å². The second-order valence-electron chi connectivity index (χ2n) is 3.31.